The van der Waals surface area contributed by atoms with Crippen molar-refractivity contribution in [3.05, 3.63) is 58.4 Å². The molecule has 0 amide bonds. The Morgan fingerprint density at radius 2 is 1.76 bits per heavy atom. The van der Waals surface area contributed by atoms with Crippen LogP contribution in [0.2, 0.25) is 5.02 Å². The van der Waals surface area contributed by atoms with Crippen molar-refractivity contribution in [1.82, 2.24) is 0 Å². The molecule has 0 bridgehead atoms. The van der Waals surface area contributed by atoms with Crippen LogP contribution < -0.4 is 5.73 Å². The minimum Gasteiger partial charge on any atom is -0.326 e. The third-order valence-electron chi connectivity index (χ3n) is 2.77. The predicted octanol–water partition coefficient (Wildman–Crippen LogP) is 3.91. The van der Waals surface area contributed by atoms with Crippen molar-refractivity contribution in [1.29, 1.82) is 0 Å². The van der Waals surface area contributed by atoms with Crippen molar-refractivity contribution in [2.45, 2.75) is 13.5 Å². The molecule has 0 aliphatic rings. The summed E-state index contributed by atoms with van der Waals surface area (Å²) < 4.78 is 13.5. The predicted molar refractivity (Wildman–Crippen MR) is 69.5 cm³/mol. The maximum absolute atomic E-state index is 13.5. The molecule has 2 N–H and O–H groups in total. The molecule has 0 spiro atoms. The maximum atomic E-state index is 13.5. The summed E-state index contributed by atoms with van der Waals surface area (Å²) in [6.07, 6.45) is 0. The van der Waals surface area contributed by atoms with Gasteiger partial charge < -0.3 is 5.73 Å². The van der Waals surface area contributed by atoms with Crippen LogP contribution in [0, 0.1) is 12.7 Å². The summed E-state index contributed by atoms with van der Waals surface area (Å²) in [6.45, 7) is 2.12. The van der Waals surface area contributed by atoms with Crippen LogP contribution >= 0.6 is 11.6 Å². The second-order valence-corrected chi connectivity index (χ2v) is 4.38. The molecule has 3 heteroatoms. The molecule has 17 heavy (non-hydrogen) atoms. The molecule has 88 valence electrons. The number of halogens is 2. The quantitative estimate of drug-likeness (QED) is 0.858. The zero-order chi connectivity index (χ0) is 12.4. The molecule has 2 rings (SSSR count). The Hall–Kier alpha value is -1.38. The molecule has 0 atom stereocenters. The van der Waals surface area contributed by atoms with Crippen LogP contribution in [0.15, 0.2) is 36.4 Å². The Kier molecular flexibility index (Phi) is 3.46. The summed E-state index contributed by atoms with van der Waals surface area (Å²) in [5.74, 6) is -0.202. The number of aryl methyl sites for hydroxylation is 1. The van der Waals surface area contributed by atoms with Gasteiger partial charge in [-0.05, 0) is 47.4 Å². The number of hydrogen-bond donors (Lipinski definition) is 1. The molecule has 2 aromatic rings. The zero-order valence-corrected chi connectivity index (χ0v) is 10.3. The molecule has 0 unspecified atom stereocenters. The second kappa shape index (κ2) is 4.86. The molecule has 2 aromatic carbocycles. The molecule has 0 aromatic heterocycles. The number of hydrogen-bond acceptors (Lipinski definition) is 1. The molecule has 0 heterocycles. The zero-order valence-electron chi connectivity index (χ0n) is 9.50. The Bertz CT molecular complexity index is 552. The van der Waals surface area contributed by atoms with E-state index >= 15 is 0 Å². The van der Waals surface area contributed by atoms with Gasteiger partial charge in [-0.3, -0.25) is 0 Å². The minimum absolute atomic E-state index is 0.202. The minimum atomic E-state index is -0.202. The van der Waals surface area contributed by atoms with Crippen LogP contribution in [0.4, 0.5) is 4.39 Å². The van der Waals surface area contributed by atoms with Crippen molar-refractivity contribution >= 4 is 11.6 Å². The van der Waals surface area contributed by atoms with E-state index < -0.39 is 0 Å². The van der Waals surface area contributed by atoms with E-state index in [0.717, 1.165) is 16.7 Å². The Labute approximate surface area is 105 Å². The van der Waals surface area contributed by atoms with Crippen LogP contribution in [0.25, 0.3) is 11.1 Å². The molecule has 0 fully saturated rings. The molecular formula is C14H13ClFN. The van der Waals surface area contributed by atoms with Gasteiger partial charge in [-0.1, -0.05) is 29.8 Å². The lowest BCUT2D eigenvalue weighted by Crippen LogP contribution is -1.97. The lowest BCUT2D eigenvalue weighted by atomic mass is 10.0. The van der Waals surface area contributed by atoms with Crippen LogP contribution in [0.1, 0.15) is 11.1 Å². The van der Waals surface area contributed by atoms with E-state index in [9.17, 15) is 4.39 Å². The van der Waals surface area contributed by atoms with Gasteiger partial charge in [-0.2, -0.15) is 0 Å². The fraction of sp³-hybridized carbons (Fsp3) is 0.143. The number of nitrogens with two attached hydrogens (primary N) is 1. The summed E-state index contributed by atoms with van der Waals surface area (Å²) >= 11 is 5.99. The van der Waals surface area contributed by atoms with Crippen molar-refractivity contribution in [2.24, 2.45) is 5.73 Å². The highest BCUT2D eigenvalue weighted by Crippen LogP contribution is 2.26. The first kappa shape index (κ1) is 12.1. The highest BCUT2D eigenvalue weighted by Gasteiger charge is 2.05. The van der Waals surface area contributed by atoms with E-state index in [1.54, 1.807) is 19.1 Å². The lowest BCUT2D eigenvalue weighted by Gasteiger charge is -2.07. The first-order chi connectivity index (χ1) is 8.11. The number of benzene rings is 2. The maximum Gasteiger partial charge on any atom is 0.126 e. The van der Waals surface area contributed by atoms with Crippen LogP contribution in [0.5, 0.6) is 0 Å². The SMILES string of the molecule is Cc1ccc(-c2ccc(Cl)c(CN)c2)cc1F. The van der Waals surface area contributed by atoms with Gasteiger partial charge in [0.15, 0.2) is 0 Å². The monoisotopic (exact) mass is 249 g/mol. The highest BCUT2D eigenvalue weighted by molar-refractivity contribution is 6.31. The fourth-order valence-corrected chi connectivity index (χ4v) is 1.88. The van der Waals surface area contributed by atoms with E-state index in [2.05, 4.69) is 0 Å². The molecular weight excluding hydrogens is 237 g/mol. The van der Waals surface area contributed by atoms with Gasteiger partial charge in [0.2, 0.25) is 0 Å². The van der Waals surface area contributed by atoms with Crippen molar-refractivity contribution in [3.8, 4) is 11.1 Å². The van der Waals surface area contributed by atoms with E-state index in [1.165, 1.54) is 6.07 Å². The van der Waals surface area contributed by atoms with E-state index in [0.29, 0.717) is 17.1 Å². The third-order valence-corrected chi connectivity index (χ3v) is 3.14. The first-order valence-corrected chi connectivity index (χ1v) is 5.74. The molecule has 0 saturated heterocycles. The smallest absolute Gasteiger partial charge is 0.126 e. The standard InChI is InChI=1S/C14H13ClFN/c1-9-2-3-11(7-14(9)16)10-4-5-13(15)12(6-10)8-17/h2-7H,8,17H2,1H3. The molecule has 0 radical (unpaired) electrons. The normalized spacial score (nSPS) is 10.6. The van der Waals surface area contributed by atoms with E-state index in [4.69, 9.17) is 17.3 Å². The summed E-state index contributed by atoms with van der Waals surface area (Å²) in [7, 11) is 0. The first-order valence-electron chi connectivity index (χ1n) is 5.37. The van der Waals surface area contributed by atoms with E-state index in [-0.39, 0.29) is 5.82 Å². The van der Waals surface area contributed by atoms with Gasteiger partial charge in [0.1, 0.15) is 5.82 Å². The average molecular weight is 250 g/mol. The van der Waals surface area contributed by atoms with Crippen LogP contribution in [0.3, 0.4) is 0 Å². The largest absolute Gasteiger partial charge is 0.326 e. The number of rotatable bonds is 2. The fourth-order valence-electron chi connectivity index (χ4n) is 1.68. The third kappa shape index (κ3) is 2.48. The van der Waals surface area contributed by atoms with Crippen molar-refractivity contribution < 1.29 is 4.39 Å². The van der Waals surface area contributed by atoms with Gasteiger partial charge >= 0.3 is 0 Å². The van der Waals surface area contributed by atoms with Crippen molar-refractivity contribution in [3.63, 3.8) is 0 Å². The topological polar surface area (TPSA) is 26.0 Å². The lowest BCUT2D eigenvalue weighted by molar-refractivity contribution is 0.619. The Balaban J connectivity index is 2.49. The summed E-state index contributed by atoms with van der Waals surface area (Å²) in [4.78, 5) is 0. The van der Waals surface area contributed by atoms with Gasteiger partial charge in [0, 0.05) is 11.6 Å². The van der Waals surface area contributed by atoms with E-state index in [1.807, 2.05) is 18.2 Å². The van der Waals surface area contributed by atoms with Crippen LogP contribution in [-0.2, 0) is 6.54 Å². The highest BCUT2D eigenvalue weighted by atomic mass is 35.5. The summed E-state index contributed by atoms with van der Waals surface area (Å²) in [5.41, 5.74) is 8.86. The second-order valence-electron chi connectivity index (χ2n) is 3.97. The molecule has 1 nitrogen and oxygen atoms in total. The molecule has 0 saturated carbocycles. The molecule has 0 aliphatic carbocycles. The van der Waals surface area contributed by atoms with Crippen molar-refractivity contribution in [2.75, 3.05) is 0 Å². The summed E-state index contributed by atoms with van der Waals surface area (Å²) in [5, 5.41) is 0.642. The van der Waals surface area contributed by atoms with Crippen LogP contribution in [-0.4, -0.2) is 0 Å². The van der Waals surface area contributed by atoms with Gasteiger partial charge in [0.25, 0.3) is 0 Å². The van der Waals surface area contributed by atoms with Gasteiger partial charge in [0.05, 0.1) is 0 Å². The summed E-state index contributed by atoms with van der Waals surface area (Å²) in [6, 6.07) is 10.7. The van der Waals surface area contributed by atoms with Gasteiger partial charge in [-0.25, -0.2) is 4.39 Å². The Morgan fingerprint density at radius 1 is 1.12 bits per heavy atom. The van der Waals surface area contributed by atoms with Gasteiger partial charge in [-0.15, -0.1) is 0 Å². The Morgan fingerprint density at radius 3 is 2.41 bits per heavy atom. The average Bonchev–Trinajstić information content (AvgIpc) is 2.33. The molecule has 0 aliphatic heterocycles.